The van der Waals surface area contributed by atoms with Crippen molar-refractivity contribution in [2.24, 2.45) is 0 Å². The average molecular weight is 401 g/mol. The summed E-state index contributed by atoms with van der Waals surface area (Å²) in [4.78, 5) is 2.78. The molecule has 0 aliphatic carbocycles. The minimum atomic E-state index is -3.53. The van der Waals surface area contributed by atoms with Gasteiger partial charge in [0, 0.05) is 19.6 Å². The molecule has 0 unspecified atom stereocenters. The molecule has 3 rings (SSSR count). The summed E-state index contributed by atoms with van der Waals surface area (Å²) >= 11 is 0. The minimum Gasteiger partial charge on any atom is -0.302 e. The van der Waals surface area contributed by atoms with Gasteiger partial charge in [-0.05, 0) is 55.6 Å². The molecule has 0 amide bonds. The number of hydrogen-bond donors (Lipinski definition) is 0. The maximum absolute atomic E-state index is 13.4. The monoisotopic (exact) mass is 400 g/mol. The summed E-state index contributed by atoms with van der Waals surface area (Å²) in [5, 5.41) is 0. The Labute approximate surface area is 170 Å². The second-order valence-corrected chi connectivity index (χ2v) is 9.56. The molecule has 1 saturated heterocycles. The molecule has 1 fully saturated rings. The van der Waals surface area contributed by atoms with E-state index in [-0.39, 0.29) is 0 Å². The molecule has 2 aromatic carbocycles. The molecule has 1 aliphatic rings. The Hall–Kier alpha value is -1.69. The van der Waals surface area contributed by atoms with Gasteiger partial charge in [0.15, 0.2) is 0 Å². The van der Waals surface area contributed by atoms with E-state index >= 15 is 0 Å². The summed E-state index contributed by atoms with van der Waals surface area (Å²) in [6.45, 7) is 6.00. The molecule has 2 aromatic rings. The summed E-state index contributed by atoms with van der Waals surface area (Å²) in [6, 6.07) is 17.3. The van der Waals surface area contributed by atoms with E-state index in [1.807, 2.05) is 42.5 Å². The molecule has 0 radical (unpaired) electrons. The van der Waals surface area contributed by atoms with E-state index in [9.17, 15) is 8.42 Å². The number of rotatable bonds is 9. The lowest BCUT2D eigenvalue weighted by Crippen LogP contribution is -2.40. The first kappa shape index (κ1) is 21.0. The van der Waals surface area contributed by atoms with Crippen LogP contribution in [0, 0.1) is 0 Å². The van der Waals surface area contributed by atoms with Gasteiger partial charge in [0.2, 0.25) is 10.0 Å². The number of aryl methyl sites for hydroxylation is 1. The number of likely N-dealkylation sites (tertiary alicyclic amines) is 1. The van der Waals surface area contributed by atoms with E-state index in [1.54, 1.807) is 16.4 Å². The van der Waals surface area contributed by atoms with Crippen molar-refractivity contribution in [2.75, 3.05) is 26.2 Å². The van der Waals surface area contributed by atoms with Gasteiger partial charge < -0.3 is 4.90 Å². The molecular formula is C23H32N2O2S. The Morgan fingerprint density at radius 1 is 0.893 bits per heavy atom. The summed E-state index contributed by atoms with van der Waals surface area (Å²) in [5.41, 5.74) is 2.21. The molecule has 28 heavy (non-hydrogen) atoms. The third-order valence-electron chi connectivity index (χ3n) is 5.42. The lowest BCUT2D eigenvalue weighted by atomic mass is 10.1. The van der Waals surface area contributed by atoms with Crippen LogP contribution in [0.15, 0.2) is 59.5 Å². The van der Waals surface area contributed by atoms with Crippen molar-refractivity contribution in [3.63, 3.8) is 0 Å². The average Bonchev–Trinajstić information content (AvgIpc) is 2.73. The molecule has 1 heterocycles. The highest BCUT2D eigenvalue weighted by molar-refractivity contribution is 7.89. The van der Waals surface area contributed by atoms with Gasteiger partial charge in [0.05, 0.1) is 4.90 Å². The Morgan fingerprint density at radius 2 is 1.57 bits per heavy atom. The Kier molecular flexibility index (Phi) is 7.65. The third-order valence-corrected chi connectivity index (χ3v) is 7.28. The van der Waals surface area contributed by atoms with E-state index in [1.165, 1.54) is 24.8 Å². The van der Waals surface area contributed by atoms with E-state index in [0.717, 1.165) is 38.0 Å². The van der Waals surface area contributed by atoms with E-state index in [4.69, 9.17) is 0 Å². The lowest BCUT2D eigenvalue weighted by Gasteiger charge is -2.29. The fourth-order valence-electron chi connectivity index (χ4n) is 3.77. The van der Waals surface area contributed by atoms with Gasteiger partial charge in [-0.25, -0.2) is 8.42 Å². The SMILES string of the molecule is CCCc1ccc(S(=O)(=O)N(CCN2CCCCC2)Cc2ccccc2)cc1. The van der Waals surface area contributed by atoms with E-state index < -0.39 is 10.0 Å². The molecular weight excluding hydrogens is 368 g/mol. The third kappa shape index (κ3) is 5.66. The van der Waals surface area contributed by atoms with Gasteiger partial charge in [-0.2, -0.15) is 4.31 Å². The molecule has 5 heteroatoms. The van der Waals surface area contributed by atoms with Crippen LogP contribution in [0.5, 0.6) is 0 Å². The zero-order chi connectivity index (χ0) is 19.8. The van der Waals surface area contributed by atoms with Crippen molar-refractivity contribution in [1.82, 2.24) is 9.21 Å². The fourth-order valence-corrected chi connectivity index (χ4v) is 5.19. The molecule has 1 aliphatic heterocycles. The first-order valence-corrected chi connectivity index (χ1v) is 11.9. The Morgan fingerprint density at radius 3 is 2.21 bits per heavy atom. The summed E-state index contributed by atoms with van der Waals surface area (Å²) in [7, 11) is -3.53. The van der Waals surface area contributed by atoms with E-state index in [2.05, 4.69) is 11.8 Å². The van der Waals surface area contributed by atoms with Gasteiger partial charge >= 0.3 is 0 Å². The Bertz CT molecular complexity index is 813. The quantitative estimate of drug-likeness (QED) is 0.629. The first-order valence-electron chi connectivity index (χ1n) is 10.4. The summed E-state index contributed by atoms with van der Waals surface area (Å²) in [5.74, 6) is 0. The first-order chi connectivity index (χ1) is 13.6. The fraction of sp³-hybridized carbons (Fsp3) is 0.478. The van der Waals surface area contributed by atoms with Crippen molar-refractivity contribution in [3.05, 3.63) is 65.7 Å². The van der Waals surface area contributed by atoms with Gasteiger partial charge in [0.25, 0.3) is 0 Å². The highest BCUT2D eigenvalue weighted by atomic mass is 32.2. The molecule has 0 aromatic heterocycles. The molecule has 0 N–H and O–H groups in total. The second-order valence-electron chi connectivity index (χ2n) is 7.62. The number of hydrogen-bond acceptors (Lipinski definition) is 3. The number of sulfonamides is 1. The zero-order valence-corrected chi connectivity index (χ0v) is 17.7. The van der Waals surface area contributed by atoms with Crippen LogP contribution in [0.2, 0.25) is 0 Å². The van der Waals surface area contributed by atoms with Crippen LogP contribution in [0.25, 0.3) is 0 Å². The lowest BCUT2D eigenvalue weighted by molar-refractivity contribution is 0.211. The summed E-state index contributed by atoms with van der Waals surface area (Å²) < 4.78 is 28.4. The largest absolute Gasteiger partial charge is 0.302 e. The molecule has 4 nitrogen and oxygen atoms in total. The number of piperidine rings is 1. The van der Waals surface area contributed by atoms with Crippen molar-refractivity contribution in [1.29, 1.82) is 0 Å². The zero-order valence-electron chi connectivity index (χ0n) is 16.9. The van der Waals surface area contributed by atoms with Crippen molar-refractivity contribution in [2.45, 2.75) is 50.5 Å². The van der Waals surface area contributed by atoms with E-state index in [0.29, 0.717) is 18.0 Å². The minimum absolute atomic E-state index is 0.391. The van der Waals surface area contributed by atoms with Crippen LogP contribution in [0.1, 0.15) is 43.7 Å². The molecule has 152 valence electrons. The van der Waals surface area contributed by atoms with Crippen molar-refractivity contribution in [3.8, 4) is 0 Å². The normalized spacial score (nSPS) is 15.8. The van der Waals surface area contributed by atoms with Crippen LogP contribution < -0.4 is 0 Å². The number of benzene rings is 2. The maximum Gasteiger partial charge on any atom is 0.243 e. The predicted molar refractivity (Wildman–Crippen MR) is 115 cm³/mol. The van der Waals surface area contributed by atoms with Gasteiger partial charge in [-0.3, -0.25) is 0 Å². The predicted octanol–water partition coefficient (Wildman–Crippen LogP) is 4.32. The second kappa shape index (κ2) is 10.2. The van der Waals surface area contributed by atoms with Crippen LogP contribution in [-0.4, -0.2) is 43.8 Å². The standard InChI is InChI=1S/C23H32N2O2S/c1-2-9-21-12-14-23(15-13-21)28(26,27)25(20-22-10-5-3-6-11-22)19-18-24-16-7-4-8-17-24/h3,5-6,10-15H,2,4,7-9,16-20H2,1H3. The van der Waals surface area contributed by atoms with Crippen molar-refractivity contribution >= 4 is 10.0 Å². The van der Waals surface area contributed by atoms with Gasteiger partial charge in [-0.15, -0.1) is 0 Å². The molecule has 0 bridgehead atoms. The highest BCUT2D eigenvalue weighted by Gasteiger charge is 2.25. The molecule has 0 spiro atoms. The highest BCUT2D eigenvalue weighted by Crippen LogP contribution is 2.20. The van der Waals surface area contributed by atoms with Gasteiger partial charge in [0.1, 0.15) is 0 Å². The maximum atomic E-state index is 13.4. The smallest absolute Gasteiger partial charge is 0.243 e. The van der Waals surface area contributed by atoms with Crippen LogP contribution in [-0.2, 0) is 23.0 Å². The Balaban J connectivity index is 1.78. The van der Waals surface area contributed by atoms with Crippen LogP contribution in [0.3, 0.4) is 0 Å². The van der Waals surface area contributed by atoms with Crippen molar-refractivity contribution < 1.29 is 8.42 Å². The topological polar surface area (TPSA) is 40.6 Å². The summed E-state index contributed by atoms with van der Waals surface area (Å²) in [6.07, 6.45) is 5.74. The van der Waals surface area contributed by atoms with Crippen LogP contribution >= 0.6 is 0 Å². The van der Waals surface area contributed by atoms with Gasteiger partial charge in [-0.1, -0.05) is 62.2 Å². The van der Waals surface area contributed by atoms with Crippen LogP contribution in [0.4, 0.5) is 0 Å². The molecule has 0 atom stereocenters. The number of nitrogens with zero attached hydrogens (tertiary/aromatic N) is 2. The molecule has 0 saturated carbocycles.